The number of nitrogens with zero attached hydrogens (tertiary/aromatic N) is 3. The molecule has 0 spiro atoms. The molecule has 20 heavy (non-hydrogen) atoms. The first kappa shape index (κ1) is 16.5. The van der Waals surface area contributed by atoms with E-state index in [9.17, 15) is 0 Å². The van der Waals surface area contributed by atoms with Gasteiger partial charge in [0.05, 0.1) is 6.54 Å². The molecule has 0 heterocycles. The Morgan fingerprint density at radius 3 is 2.35 bits per heavy atom. The molecule has 0 aromatic heterocycles. The van der Waals surface area contributed by atoms with Crippen LogP contribution in [0.3, 0.4) is 0 Å². The number of nitrogens with two attached hydrogens (primary N) is 1. The molecule has 0 amide bonds. The van der Waals surface area contributed by atoms with E-state index in [2.05, 4.69) is 66.9 Å². The van der Waals surface area contributed by atoms with Gasteiger partial charge in [0.15, 0.2) is 5.96 Å². The lowest BCUT2D eigenvalue weighted by Gasteiger charge is -2.25. The summed E-state index contributed by atoms with van der Waals surface area (Å²) < 4.78 is 0. The molecule has 1 aromatic rings. The molecule has 0 bridgehead atoms. The SMILES string of the molecule is CCN(CC)C(N)=NCC(C)N(C)Cc1ccccc1. The van der Waals surface area contributed by atoms with Crippen molar-refractivity contribution in [3.63, 3.8) is 0 Å². The maximum absolute atomic E-state index is 6.00. The molecule has 0 aliphatic rings. The highest BCUT2D eigenvalue weighted by atomic mass is 15.2. The Balaban J connectivity index is 2.49. The van der Waals surface area contributed by atoms with Gasteiger partial charge < -0.3 is 10.6 Å². The standard InChI is InChI=1S/C16H28N4/c1-5-20(6-2)16(17)18-12-14(3)19(4)13-15-10-8-7-9-11-15/h7-11,14H,5-6,12-13H2,1-4H3,(H2,17,18). The minimum Gasteiger partial charge on any atom is -0.370 e. The van der Waals surface area contributed by atoms with Crippen molar-refractivity contribution in [1.82, 2.24) is 9.80 Å². The number of benzene rings is 1. The van der Waals surface area contributed by atoms with Gasteiger partial charge in [-0.25, -0.2) is 0 Å². The van der Waals surface area contributed by atoms with Gasteiger partial charge in [-0.15, -0.1) is 0 Å². The average molecular weight is 276 g/mol. The highest BCUT2D eigenvalue weighted by Gasteiger charge is 2.10. The Morgan fingerprint density at radius 1 is 1.20 bits per heavy atom. The van der Waals surface area contributed by atoms with Gasteiger partial charge >= 0.3 is 0 Å². The van der Waals surface area contributed by atoms with E-state index in [0.29, 0.717) is 12.0 Å². The third kappa shape index (κ3) is 5.21. The number of aliphatic imine (C=N–C) groups is 1. The van der Waals surface area contributed by atoms with E-state index in [1.54, 1.807) is 0 Å². The third-order valence-electron chi connectivity index (χ3n) is 3.63. The fraction of sp³-hybridized carbons (Fsp3) is 0.562. The summed E-state index contributed by atoms with van der Waals surface area (Å²) in [5.74, 6) is 0.648. The molecule has 112 valence electrons. The molecular formula is C16H28N4. The van der Waals surface area contributed by atoms with Gasteiger partial charge in [0, 0.05) is 25.7 Å². The van der Waals surface area contributed by atoms with Crippen LogP contribution in [0.25, 0.3) is 0 Å². The molecule has 1 unspecified atom stereocenters. The second kappa shape index (κ2) is 8.59. The quantitative estimate of drug-likeness (QED) is 0.613. The van der Waals surface area contributed by atoms with Gasteiger partial charge in [-0.3, -0.25) is 9.89 Å². The Kier molecular flexibility index (Phi) is 7.09. The molecule has 4 nitrogen and oxygen atoms in total. The normalized spacial score (nSPS) is 13.6. The number of likely N-dealkylation sites (N-methyl/N-ethyl adjacent to an activating group) is 1. The summed E-state index contributed by atoms with van der Waals surface area (Å²) in [7, 11) is 2.13. The molecule has 0 radical (unpaired) electrons. The van der Waals surface area contributed by atoms with Crippen molar-refractivity contribution in [2.24, 2.45) is 10.7 Å². The first-order valence-corrected chi connectivity index (χ1v) is 7.37. The topological polar surface area (TPSA) is 44.9 Å². The maximum atomic E-state index is 6.00. The van der Waals surface area contributed by atoms with E-state index in [1.165, 1.54) is 5.56 Å². The minimum atomic E-state index is 0.365. The molecule has 0 fully saturated rings. The fourth-order valence-corrected chi connectivity index (χ4v) is 2.04. The summed E-state index contributed by atoms with van der Waals surface area (Å²) in [4.78, 5) is 8.88. The number of hydrogen-bond donors (Lipinski definition) is 1. The Morgan fingerprint density at radius 2 is 1.80 bits per heavy atom. The van der Waals surface area contributed by atoms with Gasteiger partial charge in [-0.05, 0) is 33.4 Å². The predicted molar refractivity (Wildman–Crippen MR) is 86.8 cm³/mol. The maximum Gasteiger partial charge on any atom is 0.191 e. The number of rotatable bonds is 7. The van der Waals surface area contributed by atoms with Crippen molar-refractivity contribution in [1.29, 1.82) is 0 Å². The van der Waals surface area contributed by atoms with Crippen molar-refractivity contribution in [2.45, 2.75) is 33.4 Å². The number of guanidine groups is 1. The van der Waals surface area contributed by atoms with E-state index >= 15 is 0 Å². The molecule has 0 aliphatic carbocycles. The highest BCUT2D eigenvalue weighted by Crippen LogP contribution is 2.06. The number of hydrogen-bond acceptors (Lipinski definition) is 2. The van der Waals surface area contributed by atoms with Crippen LogP contribution in [0.2, 0.25) is 0 Å². The smallest absolute Gasteiger partial charge is 0.191 e. The summed E-state index contributed by atoms with van der Waals surface area (Å²) in [6, 6.07) is 10.9. The van der Waals surface area contributed by atoms with Crippen LogP contribution < -0.4 is 5.73 Å². The second-order valence-electron chi connectivity index (χ2n) is 5.12. The zero-order valence-electron chi connectivity index (χ0n) is 13.2. The van der Waals surface area contributed by atoms with Crippen LogP contribution in [0.4, 0.5) is 0 Å². The second-order valence-corrected chi connectivity index (χ2v) is 5.12. The van der Waals surface area contributed by atoms with Crippen LogP contribution in [0.5, 0.6) is 0 Å². The summed E-state index contributed by atoms with van der Waals surface area (Å²) in [6.07, 6.45) is 0. The van der Waals surface area contributed by atoms with E-state index in [-0.39, 0.29) is 0 Å². The van der Waals surface area contributed by atoms with Crippen molar-refractivity contribution in [2.75, 3.05) is 26.7 Å². The van der Waals surface area contributed by atoms with E-state index in [1.807, 2.05) is 6.07 Å². The van der Waals surface area contributed by atoms with Gasteiger partial charge in [0.2, 0.25) is 0 Å². The lowest BCUT2D eigenvalue weighted by atomic mass is 10.2. The minimum absolute atomic E-state index is 0.365. The van der Waals surface area contributed by atoms with Crippen molar-refractivity contribution in [3.05, 3.63) is 35.9 Å². The molecular weight excluding hydrogens is 248 g/mol. The molecule has 1 rings (SSSR count). The predicted octanol–water partition coefficient (Wildman–Crippen LogP) is 2.16. The van der Waals surface area contributed by atoms with Crippen molar-refractivity contribution in [3.8, 4) is 0 Å². The van der Waals surface area contributed by atoms with Gasteiger partial charge in [0.25, 0.3) is 0 Å². The molecule has 2 N–H and O–H groups in total. The molecule has 0 saturated carbocycles. The molecule has 1 aromatic carbocycles. The average Bonchev–Trinajstić information content (AvgIpc) is 2.47. The summed E-state index contributed by atoms with van der Waals surface area (Å²) in [5, 5.41) is 0. The third-order valence-corrected chi connectivity index (χ3v) is 3.63. The molecule has 0 saturated heterocycles. The van der Waals surface area contributed by atoms with Gasteiger partial charge in [-0.2, -0.15) is 0 Å². The van der Waals surface area contributed by atoms with Crippen LogP contribution in [0, 0.1) is 0 Å². The van der Waals surface area contributed by atoms with E-state index in [4.69, 9.17) is 5.73 Å². The summed E-state index contributed by atoms with van der Waals surface area (Å²) in [6.45, 7) is 9.84. The van der Waals surface area contributed by atoms with Gasteiger partial charge in [-0.1, -0.05) is 30.3 Å². The Labute approximate surface area is 123 Å². The first-order chi connectivity index (χ1) is 9.58. The first-order valence-electron chi connectivity index (χ1n) is 7.37. The lowest BCUT2D eigenvalue weighted by molar-refractivity contribution is 0.254. The van der Waals surface area contributed by atoms with E-state index < -0.39 is 0 Å². The molecule has 0 aliphatic heterocycles. The summed E-state index contributed by atoms with van der Waals surface area (Å²) in [5.41, 5.74) is 7.32. The zero-order valence-corrected chi connectivity index (χ0v) is 13.2. The Hall–Kier alpha value is -1.55. The molecule has 1 atom stereocenters. The lowest BCUT2D eigenvalue weighted by Crippen LogP contribution is -2.38. The largest absolute Gasteiger partial charge is 0.370 e. The van der Waals surface area contributed by atoms with Crippen molar-refractivity contribution < 1.29 is 0 Å². The monoisotopic (exact) mass is 276 g/mol. The van der Waals surface area contributed by atoms with Crippen LogP contribution in [-0.2, 0) is 6.54 Å². The Bertz CT molecular complexity index is 398. The van der Waals surface area contributed by atoms with Crippen LogP contribution in [0.15, 0.2) is 35.3 Å². The molecule has 4 heteroatoms. The highest BCUT2D eigenvalue weighted by molar-refractivity contribution is 5.78. The summed E-state index contributed by atoms with van der Waals surface area (Å²) >= 11 is 0. The zero-order chi connectivity index (χ0) is 15.0. The fourth-order valence-electron chi connectivity index (χ4n) is 2.04. The van der Waals surface area contributed by atoms with E-state index in [0.717, 1.165) is 26.2 Å². The van der Waals surface area contributed by atoms with Crippen LogP contribution >= 0.6 is 0 Å². The van der Waals surface area contributed by atoms with Crippen LogP contribution in [0.1, 0.15) is 26.3 Å². The van der Waals surface area contributed by atoms with Crippen LogP contribution in [-0.4, -0.2) is 48.5 Å². The van der Waals surface area contributed by atoms with Gasteiger partial charge in [0.1, 0.15) is 0 Å². The van der Waals surface area contributed by atoms with Crippen molar-refractivity contribution >= 4 is 5.96 Å².